The van der Waals surface area contributed by atoms with Crippen molar-refractivity contribution in [3.8, 4) is 0 Å². The number of ether oxygens (including phenoxy) is 1. The van der Waals surface area contributed by atoms with Gasteiger partial charge in [-0.3, -0.25) is 9.89 Å². The Hall–Kier alpha value is -1.73. The van der Waals surface area contributed by atoms with Gasteiger partial charge in [0.2, 0.25) is 5.91 Å². The Labute approximate surface area is 133 Å². The van der Waals surface area contributed by atoms with E-state index in [1.807, 2.05) is 17.2 Å². The van der Waals surface area contributed by atoms with E-state index in [0.717, 1.165) is 18.7 Å². The van der Waals surface area contributed by atoms with Crippen LogP contribution in [0.15, 0.2) is 16.8 Å². The second kappa shape index (κ2) is 7.02. The minimum atomic E-state index is -0.226. The van der Waals surface area contributed by atoms with Crippen LogP contribution >= 0.6 is 11.3 Å². The first-order chi connectivity index (χ1) is 10.8. The number of hydrogen-bond donors (Lipinski definition) is 1. The lowest BCUT2D eigenvalue weighted by molar-refractivity contribution is -0.139. The lowest BCUT2D eigenvalue weighted by Crippen LogP contribution is -2.42. The molecular formula is C15H20N4O2S. The number of aryl methyl sites for hydroxylation is 2. The van der Waals surface area contributed by atoms with Crippen molar-refractivity contribution in [3.63, 3.8) is 0 Å². The van der Waals surface area contributed by atoms with Crippen LogP contribution in [0.3, 0.4) is 0 Å². The minimum Gasteiger partial charge on any atom is -0.366 e. The Morgan fingerprint density at radius 1 is 1.59 bits per heavy atom. The molecule has 1 aliphatic rings. The van der Waals surface area contributed by atoms with Gasteiger partial charge in [0.05, 0.1) is 13.2 Å². The maximum Gasteiger partial charge on any atom is 0.223 e. The number of nitrogens with one attached hydrogen (secondary N) is 1. The van der Waals surface area contributed by atoms with E-state index >= 15 is 0 Å². The van der Waals surface area contributed by atoms with Crippen molar-refractivity contribution in [1.82, 2.24) is 20.1 Å². The molecule has 1 aliphatic heterocycles. The van der Waals surface area contributed by atoms with Crippen molar-refractivity contribution in [2.75, 3.05) is 19.7 Å². The monoisotopic (exact) mass is 320 g/mol. The van der Waals surface area contributed by atoms with E-state index in [9.17, 15) is 4.79 Å². The summed E-state index contributed by atoms with van der Waals surface area (Å²) in [6.07, 6.45) is 1.92. The summed E-state index contributed by atoms with van der Waals surface area (Å²) in [4.78, 5) is 18.6. The number of rotatable bonds is 5. The Morgan fingerprint density at radius 2 is 2.50 bits per heavy atom. The van der Waals surface area contributed by atoms with Crippen molar-refractivity contribution in [2.45, 2.75) is 32.3 Å². The summed E-state index contributed by atoms with van der Waals surface area (Å²) >= 11 is 1.66. The largest absolute Gasteiger partial charge is 0.366 e. The van der Waals surface area contributed by atoms with E-state index in [1.54, 1.807) is 11.3 Å². The zero-order valence-corrected chi connectivity index (χ0v) is 13.4. The van der Waals surface area contributed by atoms with Crippen LogP contribution in [-0.2, 0) is 22.4 Å². The van der Waals surface area contributed by atoms with E-state index in [-0.39, 0.29) is 12.0 Å². The lowest BCUT2D eigenvalue weighted by atomic mass is 10.1. The third-order valence-electron chi connectivity index (χ3n) is 3.80. The van der Waals surface area contributed by atoms with Gasteiger partial charge in [0.15, 0.2) is 5.82 Å². The van der Waals surface area contributed by atoms with E-state index in [4.69, 9.17) is 4.74 Å². The van der Waals surface area contributed by atoms with Gasteiger partial charge in [-0.15, -0.1) is 0 Å². The van der Waals surface area contributed by atoms with E-state index in [1.165, 1.54) is 5.56 Å². The quantitative estimate of drug-likeness (QED) is 0.914. The topological polar surface area (TPSA) is 71.1 Å². The van der Waals surface area contributed by atoms with Crippen molar-refractivity contribution in [1.29, 1.82) is 0 Å². The average molecular weight is 320 g/mol. The van der Waals surface area contributed by atoms with Crippen LogP contribution in [0.1, 0.15) is 36.7 Å². The third-order valence-corrected chi connectivity index (χ3v) is 4.53. The fourth-order valence-electron chi connectivity index (χ4n) is 2.49. The first-order valence-electron chi connectivity index (χ1n) is 7.58. The van der Waals surface area contributed by atoms with Gasteiger partial charge in [-0.25, -0.2) is 4.98 Å². The number of H-pyrrole nitrogens is 1. The Balaban J connectivity index is 1.56. The molecule has 6 nitrogen and oxygen atoms in total. The molecule has 0 radical (unpaired) electrons. The summed E-state index contributed by atoms with van der Waals surface area (Å²) in [7, 11) is 0. The molecule has 0 bridgehead atoms. The lowest BCUT2D eigenvalue weighted by Gasteiger charge is -2.31. The molecule has 0 saturated carbocycles. The zero-order chi connectivity index (χ0) is 15.4. The molecule has 1 saturated heterocycles. The average Bonchev–Trinajstić information content (AvgIpc) is 3.24. The Bertz CT molecular complexity index is 611. The van der Waals surface area contributed by atoms with Crippen LogP contribution < -0.4 is 0 Å². The van der Waals surface area contributed by atoms with Crippen LogP contribution in [0.4, 0.5) is 0 Å². The van der Waals surface area contributed by atoms with Gasteiger partial charge in [0, 0.05) is 19.4 Å². The molecule has 1 atom stereocenters. The van der Waals surface area contributed by atoms with E-state index < -0.39 is 0 Å². The fraction of sp³-hybridized carbons (Fsp3) is 0.533. The maximum atomic E-state index is 12.4. The molecule has 2 aromatic rings. The number of amides is 1. The number of thiophene rings is 1. The molecule has 0 aliphatic carbocycles. The summed E-state index contributed by atoms with van der Waals surface area (Å²) in [5, 5.41) is 11.2. The fourth-order valence-corrected chi connectivity index (χ4v) is 3.19. The second-order valence-electron chi connectivity index (χ2n) is 5.32. The van der Waals surface area contributed by atoms with E-state index in [2.05, 4.69) is 26.6 Å². The minimum absolute atomic E-state index is 0.172. The number of aromatic amines is 1. The molecule has 3 heterocycles. The van der Waals surface area contributed by atoms with E-state index in [0.29, 0.717) is 31.9 Å². The third kappa shape index (κ3) is 3.53. The van der Waals surface area contributed by atoms with Gasteiger partial charge < -0.3 is 9.64 Å². The number of carbonyl (C=O) groups is 1. The number of aromatic nitrogens is 3. The molecule has 1 amide bonds. The van der Waals surface area contributed by atoms with Crippen LogP contribution in [0.2, 0.25) is 0 Å². The van der Waals surface area contributed by atoms with Crippen LogP contribution in [0.5, 0.6) is 0 Å². The molecule has 0 spiro atoms. The van der Waals surface area contributed by atoms with Crippen LogP contribution in [0, 0.1) is 0 Å². The van der Waals surface area contributed by atoms with Crippen LogP contribution in [-0.4, -0.2) is 45.7 Å². The highest BCUT2D eigenvalue weighted by molar-refractivity contribution is 7.07. The predicted molar refractivity (Wildman–Crippen MR) is 83.7 cm³/mol. The first kappa shape index (κ1) is 15.2. The highest BCUT2D eigenvalue weighted by atomic mass is 32.1. The van der Waals surface area contributed by atoms with Crippen molar-refractivity contribution in [3.05, 3.63) is 34.0 Å². The van der Waals surface area contributed by atoms with Crippen molar-refractivity contribution < 1.29 is 9.53 Å². The molecule has 2 aromatic heterocycles. The second-order valence-corrected chi connectivity index (χ2v) is 6.10. The number of hydrogen-bond acceptors (Lipinski definition) is 5. The maximum absolute atomic E-state index is 12.4. The van der Waals surface area contributed by atoms with Gasteiger partial charge in [0.1, 0.15) is 11.9 Å². The Morgan fingerprint density at radius 3 is 3.23 bits per heavy atom. The highest BCUT2D eigenvalue weighted by Gasteiger charge is 2.27. The van der Waals surface area contributed by atoms with Crippen molar-refractivity contribution in [2.24, 2.45) is 0 Å². The molecule has 0 unspecified atom stereocenters. The molecule has 3 rings (SSSR count). The van der Waals surface area contributed by atoms with Gasteiger partial charge in [-0.1, -0.05) is 6.92 Å². The van der Waals surface area contributed by atoms with Gasteiger partial charge in [-0.05, 0) is 28.8 Å². The Kier molecular flexibility index (Phi) is 4.84. The normalized spacial score (nSPS) is 18.6. The number of nitrogens with zero attached hydrogens (tertiary/aromatic N) is 3. The predicted octanol–water partition coefficient (Wildman–Crippen LogP) is 1.96. The number of carbonyl (C=O) groups excluding carboxylic acids is 1. The molecular weight excluding hydrogens is 300 g/mol. The summed E-state index contributed by atoms with van der Waals surface area (Å²) in [6.45, 7) is 3.73. The smallest absolute Gasteiger partial charge is 0.223 e. The highest BCUT2D eigenvalue weighted by Crippen LogP contribution is 2.20. The van der Waals surface area contributed by atoms with Gasteiger partial charge >= 0.3 is 0 Å². The molecule has 0 aromatic carbocycles. The molecule has 22 heavy (non-hydrogen) atoms. The molecule has 7 heteroatoms. The summed E-state index contributed by atoms with van der Waals surface area (Å²) in [5.41, 5.74) is 1.23. The standard InChI is InChI=1S/C15H20N4O2S/c1-2-13-16-15(18-17-13)12-9-19(6-7-21-12)14(20)4-3-11-5-8-22-10-11/h5,8,10,12H,2-4,6-7,9H2,1H3,(H,16,17,18)/t12-/m0/s1. The SMILES string of the molecule is CCc1nc([C@@H]2CN(C(=O)CCc3ccsc3)CCO2)n[nH]1. The zero-order valence-electron chi connectivity index (χ0n) is 12.6. The number of morpholine rings is 1. The van der Waals surface area contributed by atoms with Gasteiger partial charge in [0.25, 0.3) is 0 Å². The summed E-state index contributed by atoms with van der Waals surface area (Å²) in [5.74, 6) is 1.66. The molecule has 1 fully saturated rings. The summed E-state index contributed by atoms with van der Waals surface area (Å²) in [6, 6.07) is 2.07. The first-order valence-corrected chi connectivity index (χ1v) is 8.52. The molecule has 1 N–H and O–H groups in total. The van der Waals surface area contributed by atoms with Crippen molar-refractivity contribution >= 4 is 17.2 Å². The molecule has 118 valence electrons. The summed E-state index contributed by atoms with van der Waals surface area (Å²) < 4.78 is 5.72. The van der Waals surface area contributed by atoms with Crippen LogP contribution in [0.25, 0.3) is 0 Å². The van der Waals surface area contributed by atoms with Gasteiger partial charge in [-0.2, -0.15) is 16.4 Å².